The fraction of sp³-hybridized carbons (Fsp3) is 0.559. The van der Waals surface area contributed by atoms with Crippen molar-refractivity contribution in [2.75, 3.05) is 0 Å². The third-order valence-corrected chi connectivity index (χ3v) is 22.2. The van der Waals surface area contributed by atoms with Crippen LogP contribution in [0, 0.1) is 58.2 Å². The van der Waals surface area contributed by atoms with E-state index in [2.05, 4.69) is 122 Å². The van der Waals surface area contributed by atoms with E-state index in [-0.39, 0.29) is 30.2 Å². The molecule has 0 nitrogen and oxygen atoms in total. The molecule has 0 heterocycles. The van der Waals surface area contributed by atoms with Crippen LogP contribution >= 0.6 is 0 Å². The summed E-state index contributed by atoms with van der Waals surface area (Å²) < 4.78 is 0. The Hall–Kier alpha value is -2.22. The molecule has 0 aliphatic heterocycles. The summed E-state index contributed by atoms with van der Waals surface area (Å²) in [7, 11) is 0. The standard InChI is InChI=1S/2C33H37.C2H6Si.2ClH.Zr/c2*1-2-28-15-26(18-32-10-8-22(17-32)9-11-32)16-31(28)30(3-1)27-4-6-29(7-5-27)33-19-23-12-24(20-33)14-25(13-23)21-33;1-3-2;;;/h2*1-7,15-16,22-25H,8-14,17-21H2;1-2H3;2*1H;/q2*-1;;;;+2/p-2. The van der Waals surface area contributed by atoms with E-state index in [4.69, 9.17) is 0 Å². The minimum atomic E-state index is 0. The first-order valence-electron chi connectivity index (χ1n) is 29.1. The van der Waals surface area contributed by atoms with Gasteiger partial charge in [0.05, 0.1) is 0 Å². The monoisotopic (exact) mass is 1080 g/mol. The van der Waals surface area contributed by atoms with Crippen LogP contribution in [0.15, 0.2) is 109 Å². The minimum absolute atomic E-state index is 0. The van der Waals surface area contributed by atoms with Crippen molar-refractivity contribution in [3.05, 3.63) is 131 Å². The molecule has 0 aromatic heterocycles. The van der Waals surface area contributed by atoms with Crippen LogP contribution in [0.2, 0.25) is 13.1 Å². The van der Waals surface area contributed by atoms with E-state index in [0.29, 0.717) is 21.7 Å². The van der Waals surface area contributed by atoms with Gasteiger partial charge in [-0.1, -0.05) is 71.8 Å². The van der Waals surface area contributed by atoms with Crippen molar-refractivity contribution in [2.24, 2.45) is 58.2 Å². The molecular formula is C68H80Cl2SiZr-2. The number of benzene rings is 4. The van der Waals surface area contributed by atoms with E-state index >= 15 is 0 Å². The molecule has 12 fully saturated rings. The van der Waals surface area contributed by atoms with Gasteiger partial charge < -0.3 is 24.8 Å². The molecule has 12 aliphatic rings. The Morgan fingerprint density at radius 3 is 1.06 bits per heavy atom. The molecule has 0 atom stereocenters. The number of halogens is 2. The zero-order chi connectivity index (χ0) is 46.8. The first kappa shape index (κ1) is 50.6. The molecule has 72 heavy (non-hydrogen) atoms. The van der Waals surface area contributed by atoms with Crippen molar-refractivity contribution < 1.29 is 48.1 Å². The molecule has 12 aliphatic carbocycles. The van der Waals surface area contributed by atoms with Gasteiger partial charge in [0.1, 0.15) is 0 Å². The molecule has 4 heteroatoms. The Bertz CT molecular complexity index is 2650. The maximum atomic E-state index is 2.54. The summed E-state index contributed by atoms with van der Waals surface area (Å²) in [6.07, 6.45) is 35.4. The normalized spacial score (nSPS) is 35.7. The Kier molecular flexibility index (Phi) is 13.8. The minimum Gasteiger partial charge on any atom is -1.00 e. The zero-order valence-electron chi connectivity index (χ0n) is 43.7. The molecule has 6 aromatic carbocycles. The van der Waals surface area contributed by atoms with Gasteiger partial charge in [-0.2, -0.15) is 12.1 Å². The first-order valence-corrected chi connectivity index (χ1v) is 35.3. The van der Waals surface area contributed by atoms with Crippen LogP contribution in [0.25, 0.3) is 43.8 Å². The van der Waals surface area contributed by atoms with Crippen molar-refractivity contribution in [3.63, 3.8) is 0 Å². The fourth-order valence-corrected chi connectivity index (χ4v) is 20.2. The van der Waals surface area contributed by atoms with E-state index in [1.54, 1.807) is 45.6 Å². The molecule has 0 spiro atoms. The predicted octanol–water partition coefficient (Wildman–Crippen LogP) is 12.4. The van der Waals surface area contributed by atoms with Crippen LogP contribution in [0.4, 0.5) is 0 Å². The van der Waals surface area contributed by atoms with Gasteiger partial charge in [0, 0.05) is 0 Å². The van der Waals surface area contributed by atoms with Gasteiger partial charge in [-0.15, -0.1) is 69.1 Å². The first-order chi connectivity index (χ1) is 34.0. The number of hydrogen-bond donors (Lipinski definition) is 0. The maximum Gasteiger partial charge on any atom is -0.00391 e. The Morgan fingerprint density at radius 2 is 0.764 bits per heavy atom. The summed E-state index contributed by atoms with van der Waals surface area (Å²) >= 11 is 1.74. The second-order valence-corrected chi connectivity index (χ2v) is 36.9. The van der Waals surface area contributed by atoms with E-state index in [1.165, 1.54) is 198 Å². The summed E-state index contributed by atoms with van der Waals surface area (Å²) in [5, 5.41) is 5.83. The maximum absolute atomic E-state index is 2.54. The van der Waals surface area contributed by atoms with Gasteiger partial charge in [0.25, 0.3) is 0 Å². The molecule has 0 amide bonds. The molecular weight excluding hydrogens is 1010 g/mol. The quantitative estimate of drug-likeness (QED) is 0.105. The van der Waals surface area contributed by atoms with Crippen molar-refractivity contribution in [1.29, 1.82) is 0 Å². The van der Waals surface area contributed by atoms with Crippen molar-refractivity contribution in [2.45, 2.75) is 178 Å². The van der Waals surface area contributed by atoms with Gasteiger partial charge in [0.15, 0.2) is 0 Å². The van der Waals surface area contributed by atoms with Crippen LogP contribution < -0.4 is 24.8 Å². The average Bonchev–Trinajstić information content (AvgIpc) is 4.22. The summed E-state index contributed by atoms with van der Waals surface area (Å²) in [5.74, 6) is 8.17. The van der Waals surface area contributed by atoms with Crippen LogP contribution in [0.3, 0.4) is 0 Å². The van der Waals surface area contributed by atoms with Gasteiger partial charge in [-0.05, 0) is 245 Å². The van der Waals surface area contributed by atoms with Crippen LogP contribution in [0.1, 0.15) is 164 Å². The number of fused-ring (bicyclic) bond motifs is 6. The van der Waals surface area contributed by atoms with Gasteiger partial charge in [-0.3, -0.25) is 0 Å². The molecule has 0 N–H and O–H groups in total. The third-order valence-electron chi connectivity index (χ3n) is 22.2. The predicted molar refractivity (Wildman–Crippen MR) is 293 cm³/mol. The zero-order valence-corrected chi connectivity index (χ0v) is 48.7. The van der Waals surface area contributed by atoms with E-state index in [9.17, 15) is 0 Å². The molecule has 18 rings (SSSR count). The SMILES string of the molecule is C[Si](C)=[Zr+2].[Cl-].[Cl-].c1cc(-c2ccc(C34CC5CC(CC(C5)C3)C4)cc2)c2cc(CC34CCC(CC3)C4)[cH-]c2c1.c1cc(-c2ccc(C34CC5CC(CC(C5)C3)C4)cc2)c2cc(CC34CCC(CC3)C4)[cH-]c2c1. The van der Waals surface area contributed by atoms with Gasteiger partial charge in [-0.25, -0.2) is 0 Å². The summed E-state index contributed by atoms with van der Waals surface area (Å²) in [5.41, 5.74) is 14.7. The van der Waals surface area contributed by atoms with Crippen molar-refractivity contribution in [3.8, 4) is 22.3 Å². The largest absolute Gasteiger partial charge is 1.00 e. The molecule has 0 saturated heterocycles. The van der Waals surface area contributed by atoms with Crippen LogP contribution in [-0.2, 0) is 47.0 Å². The van der Waals surface area contributed by atoms with Gasteiger partial charge >= 0.3 is 41.9 Å². The Labute approximate surface area is 461 Å². The number of rotatable bonds is 8. The van der Waals surface area contributed by atoms with Crippen molar-refractivity contribution in [1.82, 2.24) is 0 Å². The van der Waals surface area contributed by atoms with Crippen LogP contribution in [0.5, 0.6) is 0 Å². The Balaban J connectivity index is 0.000000134. The number of hydrogen-bond acceptors (Lipinski definition) is 0. The molecule has 6 aromatic rings. The average molecular weight is 1090 g/mol. The van der Waals surface area contributed by atoms with Crippen molar-refractivity contribution >= 4 is 27.0 Å². The van der Waals surface area contributed by atoms with E-state index in [1.807, 2.05) is 0 Å². The Morgan fingerprint density at radius 1 is 0.444 bits per heavy atom. The summed E-state index contributed by atoms with van der Waals surface area (Å²) in [4.78, 5) is 0. The van der Waals surface area contributed by atoms with Gasteiger partial charge in [0.2, 0.25) is 0 Å². The second-order valence-electron chi connectivity index (χ2n) is 27.5. The topological polar surface area (TPSA) is 0 Å². The second kappa shape index (κ2) is 19.7. The smallest absolute Gasteiger partial charge is 0.00391 e. The van der Waals surface area contributed by atoms with E-state index < -0.39 is 0 Å². The molecule has 12 saturated carbocycles. The third kappa shape index (κ3) is 9.35. The van der Waals surface area contributed by atoms with E-state index in [0.717, 1.165) is 47.3 Å². The summed E-state index contributed by atoms with van der Waals surface area (Å²) in [6, 6.07) is 43.9. The summed E-state index contributed by atoms with van der Waals surface area (Å²) in [6.45, 7) is 4.62. The molecule has 0 unspecified atom stereocenters. The van der Waals surface area contributed by atoms with Crippen LogP contribution in [-0.4, -0.2) is 5.43 Å². The fourth-order valence-electron chi connectivity index (χ4n) is 20.2. The molecule has 0 radical (unpaired) electrons. The molecule has 376 valence electrons. The molecule has 12 bridgehead atoms.